The molecule has 0 aromatic rings. The van der Waals surface area contributed by atoms with Crippen LogP contribution < -0.4 is 0 Å². The highest BCUT2D eigenvalue weighted by atomic mass is 16.7. The summed E-state index contributed by atoms with van der Waals surface area (Å²) < 4.78 is 28.8. The molecule has 3 rings (SSSR count). The van der Waals surface area contributed by atoms with E-state index in [1.807, 2.05) is 44.2 Å². The van der Waals surface area contributed by atoms with E-state index in [1.165, 1.54) is 0 Å². The van der Waals surface area contributed by atoms with Crippen LogP contribution in [0, 0.1) is 0 Å². The number of hydrogen-bond donors (Lipinski definition) is 0. The SMILES string of the molecule is C[C@H]1O[C@@H](O[C@H]2C=CCO[C@@H]2C)C=CC1O[C@H]1C=CCCO1. The third-order valence-electron chi connectivity index (χ3n) is 3.96. The van der Waals surface area contributed by atoms with Crippen LogP contribution in [0.4, 0.5) is 0 Å². The van der Waals surface area contributed by atoms with Crippen LogP contribution in [0.3, 0.4) is 0 Å². The van der Waals surface area contributed by atoms with Gasteiger partial charge in [0.25, 0.3) is 0 Å². The molecule has 0 saturated carbocycles. The zero-order valence-corrected chi connectivity index (χ0v) is 13.1. The fourth-order valence-corrected chi connectivity index (χ4v) is 2.64. The van der Waals surface area contributed by atoms with E-state index < -0.39 is 0 Å². The van der Waals surface area contributed by atoms with Crippen LogP contribution in [0.25, 0.3) is 0 Å². The third kappa shape index (κ3) is 4.06. The zero-order chi connectivity index (χ0) is 15.4. The van der Waals surface area contributed by atoms with E-state index in [4.69, 9.17) is 23.7 Å². The minimum absolute atomic E-state index is 0.0343. The second-order valence-electron chi connectivity index (χ2n) is 5.72. The molecular formula is C17H24O5. The van der Waals surface area contributed by atoms with E-state index in [-0.39, 0.29) is 37.0 Å². The molecule has 6 atom stereocenters. The quantitative estimate of drug-likeness (QED) is 0.746. The standard InChI is InChI=1S/C17H24O5/c1-12-14(6-5-11-18-12)22-17-9-8-15(13(2)20-17)21-16-7-3-4-10-19-16/h3,5-9,12-17H,4,10-11H2,1-2H3/t12-,13-,14+,15?,16+,17+/m1/s1. The molecule has 0 fully saturated rings. The lowest BCUT2D eigenvalue weighted by atomic mass is 10.1. The molecule has 0 spiro atoms. The molecule has 0 amide bonds. The van der Waals surface area contributed by atoms with Gasteiger partial charge in [-0.1, -0.05) is 24.3 Å². The van der Waals surface area contributed by atoms with E-state index in [9.17, 15) is 0 Å². The second-order valence-corrected chi connectivity index (χ2v) is 5.72. The lowest BCUT2D eigenvalue weighted by Gasteiger charge is -2.34. The second kappa shape index (κ2) is 7.53. The highest BCUT2D eigenvalue weighted by Crippen LogP contribution is 2.22. The van der Waals surface area contributed by atoms with Crippen LogP contribution in [0.15, 0.2) is 36.5 Å². The van der Waals surface area contributed by atoms with Crippen LogP contribution in [-0.2, 0) is 23.7 Å². The molecule has 3 heterocycles. The third-order valence-corrected chi connectivity index (χ3v) is 3.96. The molecule has 22 heavy (non-hydrogen) atoms. The van der Waals surface area contributed by atoms with Crippen molar-refractivity contribution in [2.24, 2.45) is 0 Å². The van der Waals surface area contributed by atoms with Crippen molar-refractivity contribution in [2.75, 3.05) is 13.2 Å². The molecule has 0 aromatic heterocycles. The molecule has 0 radical (unpaired) electrons. The summed E-state index contributed by atoms with van der Waals surface area (Å²) in [6.45, 7) is 5.32. The van der Waals surface area contributed by atoms with Gasteiger partial charge in [-0.25, -0.2) is 0 Å². The van der Waals surface area contributed by atoms with Gasteiger partial charge in [0.2, 0.25) is 0 Å². The van der Waals surface area contributed by atoms with Gasteiger partial charge < -0.3 is 23.7 Å². The van der Waals surface area contributed by atoms with Gasteiger partial charge in [0.05, 0.1) is 25.4 Å². The van der Waals surface area contributed by atoms with Gasteiger partial charge in [-0.3, -0.25) is 0 Å². The summed E-state index contributed by atoms with van der Waals surface area (Å²) in [6.07, 6.45) is 11.9. The van der Waals surface area contributed by atoms with E-state index in [1.54, 1.807) is 0 Å². The maximum atomic E-state index is 5.93. The first kappa shape index (κ1) is 15.9. The molecule has 5 heteroatoms. The molecule has 3 aliphatic rings. The first-order valence-corrected chi connectivity index (χ1v) is 7.93. The van der Waals surface area contributed by atoms with Gasteiger partial charge in [-0.15, -0.1) is 0 Å². The van der Waals surface area contributed by atoms with Crippen molar-refractivity contribution in [3.8, 4) is 0 Å². The van der Waals surface area contributed by atoms with Crippen LogP contribution in [0.2, 0.25) is 0 Å². The van der Waals surface area contributed by atoms with Gasteiger partial charge in [0, 0.05) is 0 Å². The Morgan fingerprint density at radius 2 is 1.64 bits per heavy atom. The zero-order valence-electron chi connectivity index (χ0n) is 13.1. The Hall–Kier alpha value is -0.980. The number of ether oxygens (including phenoxy) is 5. The first-order valence-electron chi connectivity index (χ1n) is 7.93. The van der Waals surface area contributed by atoms with Crippen molar-refractivity contribution < 1.29 is 23.7 Å². The van der Waals surface area contributed by atoms with Crippen LogP contribution in [0.1, 0.15) is 20.3 Å². The molecule has 5 nitrogen and oxygen atoms in total. The Labute approximate surface area is 131 Å². The van der Waals surface area contributed by atoms with E-state index in [0.29, 0.717) is 13.2 Å². The fourth-order valence-electron chi connectivity index (χ4n) is 2.64. The topological polar surface area (TPSA) is 46.2 Å². The smallest absolute Gasteiger partial charge is 0.178 e. The molecule has 0 aromatic carbocycles. The van der Waals surface area contributed by atoms with Crippen LogP contribution in [-0.4, -0.2) is 50.2 Å². The van der Waals surface area contributed by atoms with E-state index in [0.717, 1.165) is 6.42 Å². The maximum absolute atomic E-state index is 5.93. The van der Waals surface area contributed by atoms with Gasteiger partial charge in [0.1, 0.15) is 12.2 Å². The van der Waals surface area contributed by atoms with Crippen LogP contribution in [0.5, 0.6) is 0 Å². The first-order chi connectivity index (χ1) is 10.7. The predicted octanol–water partition coefficient (Wildman–Crippen LogP) is 2.34. The summed E-state index contributed by atoms with van der Waals surface area (Å²) in [4.78, 5) is 0. The summed E-state index contributed by atoms with van der Waals surface area (Å²) >= 11 is 0. The number of rotatable bonds is 4. The molecule has 0 N–H and O–H groups in total. The van der Waals surface area contributed by atoms with Crippen molar-refractivity contribution in [1.82, 2.24) is 0 Å². The summed E-state index contributed by atoms with van der Waals surface area (Å²) in [7, 11) is 0. The molecule has 3 aliphatic heterocycles. The summed E-state index contributed by atoms with van der Waals surface area (Å²) in [5.41, 5.74) is 0. The average Bonchev–Trinajstić information content (AvgIpc) is 2.53. The van der Waals surface area contributed by atoms with Gasteiger partial charge in [-0.05, 0) is 32.4 Å². The lowest BCUT2D eigenvalue weighted by molar-refractivity contribution is -0.222. The molecule has 0 bridgehead atoms. The van der Waals surface area contributed by atoms with Crippen molar-refractivity contribution >= 4 is 0 Å². The maximum Gasteiger partial charge on any atom is 0.178 e. The minimum atomic E-state index is -0.378. The minimum Gasteiger partial charge on any atom is -0.371 e. The average molecular weight is 308 g/mol. The Morgan fingerprint density at radius 1 is 0.818 bits per heavy atom. The highest BCUT2D eigenvalue weighted by Gasteiger charge is 2.30. The molecule has 1 unspecified atom stereocenters. The number of hydrogen-bond acceptors (Lipinski definition) is 5. The monoisotopic (exact) mass is 308 g/mol. The Balaban J connectivity index is 1.53. The van der Waals surface area contributed by atoms with Crippen molar-refractivity contribution in [2.45, 2.75) is 57.3 Å². The Morgan fingerprint density at radius 3 is 2.36 bits per heavy atom. The fraction of sp³-hybridized carbons (Fsp3) is 0.647. The summed E-state index contributed by atoms with van der Waals surface area (Å²) in [5.74, 6) is 0. The summed E-state index contributed by atoms with van der Waals surface area (Å²) in [6, 6.07) is 0. The normalized spacial score (nSPS) is 41.7. The van der Waals surface area contributed by atoms with Gasteiger partial charge >= 0.3 is 0 Å². The Bertz CT molecular complexity index is 444. The van der Waals surface area contributed by atoms with Crippen molar-refractivity contribution in [1.29, 1.82) is 0 Å². The molecule has 122 valence electrons. The highest BCUT2D eigenvalue weighted by molar-refractivity contribution is 5.03. The summed E-state index contributed by atoms with van der Waals surface area (Å²) in [5, 5.41) is 0. The Kier molecular flexibility index (Phi) is 5.44. The van der Waals surface area contributed by atoms with Crippen molar-refractivity contribution in [3.63, 3.8) is 0 Å². The molecule has 0 saturated heterocycles. The molecule has 0 aliphatic carbocycles. The van der Waals surface area contributed by atoms with Crippen molar-refractivity contribution in [3.05, 3.63) is 36.5 Å². The van der Waals surface area contributed by atoms with Crippen LogP contribution >= 0.6 is 0 Å². The lowest BCUT2D eigenvalue weighted by Crippen LogP contribution is -2.41. The van der Waals surface area contributed by atoms with Gasteiger partial charge in [0.15, 0.2) is 12.6 Å². The van der Waals surface area contributed by atoms with Gasteiger partial charge in [-0.2, -0.15) is 0 Å². The van der Waals surface area contributed by atoms with E-state index >= 15 is 0 Å². The van der Waals surface area contributed by atoms with E-state index in [2.05, 4.69) is 6.08 Å². The predicted molar refractivity (Wildman–Crippen MR) is 81.3 cm³/mol. The largest absolute Gasteiger partial charge is 0.371 e. The molecular weight excluding hydrogens is 284 g/mol.